The Bertz CT molecular complexity index is 699. The third-order valence-electron chi connectivity index (χ3n) is 2.43. The summed E-state index contributed by atoms with van der Waals surface area (Å²) < 4.78 is 37.5. The molecule has 0 aliphatic heterocycles. The summed E-state index contributed by atoms with van der Waals surface area (Å²) in [5, 5.41) is 0.0457. The fraction of sp³-hybridized carbons (Fsp3) is 0.0833. The van der Waals surface area contributed by atoms with Crippen LogP contribution in [0.3, 0.4) is 0 Å². The van der Waals surface area contributed by atoms with E-state index < -0.39 is 21.4 Å². The highest BCUT2D eigenvalue weighted by molar-refractivity contribution is 7.91. The van der Waals surface area contributed by atoms with E-state index in [1.165, 1.54) is 18.3 Å². The molecule has 0 amide bonds. The molecule has 0 radical (unpaired) electrons. The molecule has 0 saturated carbocycles. The molecule has 1 heterocycles. The van der Waals surface area contributed by atoms with Gasteiger partial charge in [-0.05, 0) is 23.8 Å². The van der Waals surface area contributed by atoms with Gasteiger partial charge in [0.05, 0.1) is 22.7 Å². The van der Waals surface area contributed by atoms with Crippen LogP contribution in [-0.4, -0.2) is 13.4 Å². The summed E-state index contributed by atoms with van der Waals surface area (Å²) in [6.45, 7) is 0. The first kappa shape index (κ1) is 13.8. The van der Waals surface area contributed by atoms with E-state index in [0.29, 0.717) is 0 Å². The van der Waals surface area contributed by atoms with Gasteiger partial charge in [-0.2, -0.15) is 0 Å². The number of anilines is 1. The van der Waals surface area contributed by atoms with Gasteiger partial charge in [0.1, 0.15) is 10.7 Å². The Balaban J connectivity index is 2.44. The van der Waals surface area contributed by atoms with Gasteiger partial charge < -0.3 is 5.73 Å². The van der Waals surface area contributed by atoms with Crippen molar-refractivity contribution in [1.29, 1.82) is 0 Å². The zero-order valence-corrected chi connectivity index (χ0v) is 11.2. The van der Waals surface area contributed by atoms with Crippen molar-refractivity contribution in [3.8, 4) is 0 Å². The predicted octanol–water partition coefficient (Wildman–Crippen LogP) is 2.43. The number of hydrogen-bond acceptors (Lipinski definition) is 4. The molecule has 0 aliphatic rings. The molecule has 0 saturated heterocycles. The zero-order chi connectivity index (χ0) is 14.0. The van der Waals surface area contributed by atoms with Gasteiger partial charge in [0, 0.05) is 6.20 Å². The van der Waals surface area contributed by atoms with Crippen molar-refractivity contribution in [1.82, 2.24) is 4.98 Å². The molecule has 4 nitrogen and oxygen atoms in total. The maximum Gasteiger partial charge on any atom is 0.186 e. The van der Waals surface area contributed by atoms with Crippen LogP contribution in [0, 0.1) is 5.82 Å². The van der Waals surface area contributed by atoms with E-state index in [4.69, 9.17) is 17.3 Å². The number of nitrogens with two attached hydrogens (primary N) is 1. The van der Waals surface area contributed by atoms with Crippen LogP contribution in [0.15, 0.2) is 41.6 Å². The molecule has 0 atom stereocenters. The van der Waals surface area contributed by atoms with Crippen molar-refractivity contribution >= 4 is 27.1 Å². The SMILES string of the molecule is Nc1cccc(Cl)c1S(=O)(=O)Cc1cncc(F)c1. The topological polar surface area (TPSA) is 73.1 Å². The second-order valence-corrected chi connectivity index (χ2v) is 6.26. The highest BCUT2D eigenvalue weighted by atomic mass is 35.5. The quantitative estimate of drug-likeness (QED) is 0.884. The number of pyridine rings is 1. The maximum atomic E-state index is 13.0. The minimum atomic E-state index is -3.76. The highest BCUT2D eigenvalue weighted by Crippen LogP contribution is 2.29. The van der Waals surface area contributed by atoms with Crippen LogP contribution in [0.25, 0.3) is 0 Å². The predicted molar refractivity (Wildman–Crippen MR) is 70.9 cm³/mol. The van der Waals surface area contributed by atoms with Crippen LogP contribution < -0.4 is 5.73 Å². The second kappa shape index (κ2) is 5.14. The van der Waals surface area contributed by atoms with Crippen LogP contribution >= 0.6 is 11.6 Å². The average Bonchev–Trinajstić information content (AvgIpc) is 2.27. The van der Waals surface area contributed by atoms with Crippen LogP contribution in [0.2, 0.25) is 5.02 Å². The van der Waals surface area contributed by atoms with Gasteiger partial charge in [-0.25, -0.2) is 12.8 Å². The third kappa shape index (κ3) is 3.02. The Morgan fingerprint density at radius 2 is 2.05 bits per heavy atom. The summed E-state index contributed by atoms with van der Waals surface area (Å²) in [4.78, 5) is 3.47. The molecule has 0 fully saturated rings. The molecule has 1 aromatic carbocycles. The van der Waals surface area contributed by atoms with Gasteiger partial charge in [-0.1, -0.05) is 17.7 Å². The molecule has 0 unspecified atom stereocenters. The number of nitrogens with zero attached hydrogens (tertiary/aromatic N) is 1. The Morgan fingerprint density at radius 1 is 1.32 bits per heavy atom. The number of sulfone groups is 1. The molecule has 0 spiro atoms. The van der Waals surface area contributed by atoms with Gasteiger partial charge in [0.25, 0.3) is 0 Å². The Labute approximate surface area is 115 Å². The van der Waals surface area contributed by atoms with Gasteiger partial charge >= 0.3 is 0 Å². The van der Waals surface area contributed by atoms with E-state index in [-0.39, 0.29) is 21.2 Å². The molecule has 2 rings (SSSR count). The number of rotatable bonds is 3. The summed E-state index contributed by atoms with van der Waals surface area (Å²) in [6, 6.07) is 5.55. The van der Waals surface area contributed by atoms with Crippen molar-refractivity contribution in [3.05, 3.63) is 53.1 Å². The summed E-state index contributed by atoms with van der Waals surface area (Å²) in [7, 11) is -3.76. The lowest BCUT2D eigenvalue weighted by Crippen LogP contribution is -2.09. The molecule has 7 heteroatoms. The monoisotopic (exact) mass is 300 g/mol. The lowest BCUT2D eigenvalue weighted by molar-refractivity contribution is 0.594. The number of halogens is 2. The first-order chi connectivity index (χ1) is 8.90. The van der Waals surface area contributed by atoms with E-state index in [9.17, 15) is 12.8 Å². The van der Waals surface area contributed by atoms with Gasteiger partial charge in [0.2, 0.25) is 0 Å². The molecule has 2 aromatic rings. The maximum absolute atomic E-state index is 13.0. The molecule has 0 aliphatic carbocycles. The molecule has 19 heavy (non-hydrogen) atoms. The normalized spacial score (nSPS) is 11.5. The summed E-state index contributed by atoms with van der Waals surface area (Å²) in [6.07, 6.45) is 2.29. The Kier molecular flexibility index (Phi) is 3.73. The van der Waals surface area contributed by atoms with Crippen LogP contribution in [-0.2, 0) is 15.6 Å². The Morgan fingerprint density at radius 3 is 2.68 bits per heavy atom. The summed E-state index contributed by atoms with van der Waals surface area (Å²) in [5.41, 5.74) is 5.94. The zero-order valence-electron chi connectivity index (χ0n) is 9.68. The number of aromatic nitrogens is 1. The number of benzene rings is 1. The lowest BCUT2D eigenvalue weighted by atomic mass is 10.3. The highest BCUT2D eigenvalue weighted by Gasteiger charge is 2.22. The minimum Gasteiger partial charge on any atom is -0.398 e. The molecular formula is C12H10ClFN2O2S. The van der Waals surface area contributed by atoms with Gasteiger partial charge in [-0.15, -0.1) is 0 Å². The number of hydrogen-bond donors (Lipinski definition) is 1. The minimum absolute atomic E-state index is 0.0457. The first-order valence-corrected chi connectivity index (χ1v) is 7.29. The van der Waals surface area contributed by atoms with Crippen molar-refractivity contribution in [2.45, 2.75) is 10.6 Å². The van der Waals surface area contributed by atoms with Gasteiger partial charge in [-0.3, -0.25) is 4.98 Å². The van der Waals surface area contributed by atoms with Crippen molar-refractivity contribution in [3.63, 3.8) is 0 Å². The smallest absolute Gasteiger partial charge is 0.186 e. The lowest BCUT2D eigenvalue weighted by Gasteiger charge is -2.09. The molecule has 1 aromatic heterocycles. The second-order valence-electron chi connectivity index (χ2n) is 3.93. The summed E-state index contributed by atoms with van der Waals surface area (Å²) >= 11 is 5.86. The molecule has 100 valence electrons. The molecular weight excluding hydrogens is 291 g/mol. The van der Waals surface area contributed by atoms with E-state index in [1.807, 2.05) is 0 Å². The van der Waals surface area contributed by atoms with Crippen LogP contribution in [0.5, 0.6) is 0 Å². The fourth-order valence-electron chi connectivity index (χ4n) is 1.68. The molecule has 0 bridgehead atoms. The molecule has 2 N–H and O–H groups in total. The first-order valence-electron chi connectivity index (χ1n) is 5.26. The van der Waals surface area contributed by atoms with Crippen molar-refractivity contribution in [2.24, 2.45) is 0 Å². The standard InChI is InChI=1S/C12H10ClFN2O2S/c13-10-2-1-3-11(15)12(10)19(17,18)7-8-4-9(14)6-16-5-8/h1-6H,7,15H2. The van der Waals surface area contributed by atoms with E-state index in [2.05, 4.69) is 4.98 Å². The van der Waals surface area contributed by atoms with Crippen LogP contribution in [0.1, 0.15) is 5.56 Å². The van der Waals surface area contributed by atoms with Crippen molar-refractivity contribution < 1.29 is 12.8 Å². The van der Waals surface area contributed by atoms with E-state index in [1.54, 1.807) is 6.07 Å². The van der Waals surface area contributed by atoms with Crippen molar-refractivity contribution in [2.75, 3.05) is 5.73 Å². The van der Waals surface area contributed by atoms with E-state index >= 15 is 0 Å². The van der Waals surface area contributed by atoms with Crippen LogP contribution in [0.4, 0.5) is 10.1 Å². The fourth-order valence-corrected chi connectivity index (χ4v) is 3.75. The Hall–Kier alpha value is -1.66. The van der Waals surface area contributed by atoms with E-state index in [0.717, 1.165) is 12.3 Å². The summed E-state index contributed by atoms with van der Waals surface area (Å²) in [5.74, 6) is -1.01. The third-order valence-corrected chi connectivity index (χ3v) is 4.64. The number of nitrogen functional groups attached to an aromatic ring is 1. The largest absolute Gasteiger partial charge is 0.398 e. The van der Waals surface area contributed by atoms with Gasteiger partial charge in [0.15, 0.2) is 9.84 Å². The average molecular weight is 301 g/mol.